The van der Waals surface area contributed by atoms with E-state index in [1.165, 1.54) is 19.3 Å². The lowest BCUT2D eigenvalue weighted by atomic mass is 9.43. The Morgan fingerprint density at radius 1 is 0.712 bits per heavy atom. The molecule has 4 rings (SSSR count). The maximum Gasteiger partial charge on any atom is 0.307 e. The Morgan fingerprint density at radius 2 is 1.38 bits per heavy atom. The highest BCUT2D eigenvalue weighted by atomic mass is 16.6. The second-order valence-electron chi connectivity index (χ2n) is 17.2. The first kappa shape index (κ1) is 42.5. The van der Waals surface area contributed by atoms with Crippen molar-refractivity contribution in [2.75, 3.05) is 19.7 Å². The van der Waals surface area contributed by atoms with E-state index >= 15 is 0 Å². The zero-order valence-corrected chi connectivity index (χ0v) is 33.2. The molecule has 4 aliphatic carbocycles. The zero-order chi connectivity index (χ0) is 37.9. The van der Waals surface area contributed by atoms with Gasteiger partial charge in [0, 0.05) is 37.3 Å². The predicted octanol–water partition coefficient (Wildman–Crippen LogP) is 7.42. The van der Waals surface area contributed by atoms with Crippen LogP contribution in [0.5, 0.6) is 0 Å². The molecule has 10 heteroatoms. The SMILES string of the molecule is CCCCCCCOC(=O)CC[C@@H](C)[C@H]1CC[C@H]2[C@@H]3[C@H](OC(=O)CCCC)C[C@@H]4C[C@H](OC(=O)CCN)CC[C@]4(C)[C@H]3C[C@H](OC(=O)CCN)[C@]12C. The lowest BCUT2D eigenvalue weighted by Gasteiger charge is -2.64. The van der Waals surface area contributed by atoms with Crippen molar-refractivity contribution < 1.29 is 38.1 Å². The molecule has 52 heavy (non-hydrogen) atoms. The van der Waals surface area contributed by atoms with E-state index in [2.05, 4.69) is 34.6 Å². The summed E-state index contributed by atoms with van der Waals surface area (Å²) in [5.74, 6) is 0.348. The van der Waals surface area contributed by atoms with Gasteiger partial charge in [-0.3, -0.25) is 19.2 Å². The Bertz CT molecular complexity index is 1180. The van der Waals surface area contributed by atoms with Crippen LogP contribution in [0.1, 0.15) is 157 Å². The quantitative estimate of drug-likeness (QED) is 0.0733. The van der Waals surface area contributed by atoms with Crippen LogP contribution in [0.25, 0.3) is 0 Å². The van der Waals surface area contributed by atoms with Gasteiger partial charge in [-0.2, -0.15) is 0 Å². The van der Waals surface area contributed by atoms with Gasteiger partial charge >= 0.3 is 23.9 Å². The van der Waals surface area contributed by atoms with Crippen molar-refractivity contribution in [3.8, 4) is 0 Å². The van der Waals surface area contributed by atoms with Crippen LogP contribution in [0.2, 0.25) is 0 Å². The first-order valence-electron chi connectivity index (χ1n) is 21.1. The minimum atomic E-state index is -0.347. The molecule has 0 bridgehead atoms. The van der Waals surface area contributed by atoms with Crippen molar-refractivity contribution in [1.29, 1.82) is 0 Å². The van der Waals surface area contributed by atoms with E-state index in [0.29, 0.717) is 25.9 Å². The van der Waals surface area contributed by atoms with Crippen molar-refractivity contribution in [1.82, 2.24) is 0 Å². The predicted molar refractivity (Wildman–Crippen MR) is 201 cm³/mol. The normalized spacial score (nSPS) is 34.3. The number of esters is 4. The number of rotatable bonds is 20. The van der Waals surface area contributed by atoms with Gasteiger partial charge in [-0.15, -0.1) is 0 Å². The van der Waals surface area contributed by atoms with Crippen LogP contribution >= 0.6 is 0 Å². The number of ether oxygens (including phenoxy) is 4. The summed E-state index contributed by atoms with van der Waals surface area (Å²) in [6.07, 6.45) is 14.2. The minimum Gasteiger partial charge on any atom is -0.466 e. The molecule has 4 fully saturated rings. The monoisotopic (exact) mass is 733 g/mol. The number of fused-ring (bicyclic) bond motifs is 5. The standard InChI is InChI=1S/C42H72N2O8/c1-6-8-10-11-12-24-49-36(45)17-14-28(3)31-15-16-32-40-33(27-35(42(31,32)5)52-39(48)20-23-44)41(4)21-18-30(50-38(47)19-22-43)25-29(41)26-34(40)51-37(46)13-9-7-2/h28-35,40H,6-27,43-44H2,1-5H3/t28-,29+,30-,31-,32+,33+,34-,35+,40+,41+,42-/m1/s1. The summed E-state index contributed by atoms with van der Waals surface area (Å²) < 4.78 is 24.5. The largest absolute Gasteiger partial charge is 0.466 e. The summed E-state index contributed by atoms with van der Waals surface area (Å²) in [5.41, 5.74) is 11.0. The van der Waals surface area contributed by atoms with Gasteiger partial charge in [0.05, 0.1) is 19.4 Å². The molecular formula is C42H72N2O8. The zero-order valence-electron chi connectivity index (χ0n) is 33.2. The third kappa shape index (κ3) is 10.1. The number of nitrogens with two attached hydrogens (primary N) is 2. The van der Waals surface area contributed by atoms with E-state index in [1.54, 1.807) is 0 Å². The van der Waals surface area contributed by atoms with Gasteiger partial charge < -0.3 is 30.4 Å². The third-order valence-corrected chi connectivity index (χ3v) is 14.0. The van der Waals surface area contributed by atoms with Gasteiger partial charge in [0.25, 0.3) is 0 Å². The molecule has 0 saturated heterocycles. The van der Waals surface area contributed by atoms with Crippen LogP contribution in [-0.2, 0) is 38.1 Å². The van der Waals surface area contributed by atoms with Gasteiger partial charge in [-0.25, -0.2) is 0 Å². The number of hydrogen-bond donors (Lipinski definition) is 2. The number of hydrogen-bond acceptors (Lipinski definition) is 10. The van der Waals surface area contributed by atoms with Gasteiger partial charge in [0.1, 0.15) is 18.3 Å². The lowest BCUT2D eigenvalue weighted by Crippen LogP contribution is -2.63. The summed E-state index contributed by atoms with van der Waals surface area (Å²) in [6.45, 7) is 12.2. The topological polar surface area (TPSA) is 157 Å². The average Bonchev–Trinajstić information content (AvgIpc) is 3.47. The number of carbonyl (C=O) groups excluding carboxylic acids is 4. The molecule has 0 aromatic carbocycles. The van der Waals surface area contributed by atoms with Crippen molar-refractivity contribution in [3.05, 3.63) is 0 Å². The molecule has 10 nitrogen and oxygen atoms in total. The second kappa shape index (κ2) is 19.9. The summed E-state index contributed by atoms with van der Waals surface area (Å²) in [7, 11) is 0. The molecule has 0 aromatic heterocycles. The first-order valence-corrected chi connectivity index (χ1v) is 21.1. The molecule has 4 aliphatic rings. The fourth-order valence-electron chi connectivity index (χ4n) is 11.2. The number of carbonyl (C=O) groups is 4. The van der Waals surface area contributed by atoms with Crippen molar-refractivity contribution in [3.63, 3.8) is 0 Å². The second-order valence-corrected chi connectivity index (χ2v) is 17.2. The molecule has 0 heterocycles. The molecule has 298 valence electrons. The smallest absolute Gasteiger partial charge is 0.307 e. The van der Waals surface area contributed by atoms with E-state index in [-0.39, 0.29) is 114 Å². The molecule has 0 radical (unpaired) electrons. The summed E-state index contributed by atoms with van der Waals surface area (Å²) in [5, 5.41) is 0. The van der Waals surface area contributed by atoms with Crippen molar-refractivity contribution in [2.45, 2.75) is 175 Å². The molecule has 4 saturated carbocycles. The van der Waals surface area contributed by atoms with Gasteiger partial charge in [-0.1, -0.05) is 66.7 Å². The Balaban J connectivity index is 1.59. The van der Waals surface area contributed by atoms with Crippen LogP contribution in [0.3, 0.4) is 0 Å². The van der Waals surface area contributed by atoms with E-state index in [9.17, 15) is 19.2 Å². The molecular weight excluding hydrogens is 660 g/mol. The highest BCUT2D eigenvalue weighted by Gasteiger charge is 2.67. The molecule has 0 aliphatic heterocycles. The third-order valence-electron chi connectivity index (χ3n) is 14.0. The van der Waals surface area contributed by atoms with Crippen molar-refractivity contribution >= 4 is 23.9 Å². The van der Waals surface area contributed by atoms with Crippen LogP contribution in [0, 0.1) is 46.3 Å². The van der Waals surface area contributed by atoms with E-state index in [4.69, 9.17) is 30.4 Å². The van der Waals surface area contributed by atoms with E-state index in [0.717, 1.165) is 70.6 Å². The van der Waals surface area contributed by atoms with Crippen molar-refractivity contribution in [2.24, 2.45) is 57.8 Å². The highest BCUT2D eigenvalue weighted by molar-refractivity contribution is 5.71. The van der Waals surface area contributed by atoms with Gasteiger partial charge in [0.15, 0.2) is 0 Å². The van der Waals surface area contributed by atoms with E-state index < -0.39 is 0 Å². The maximum atomic E-state index is 13.4. The summed E-state index contributed by atoms with van der Waals surface area (Å²) in [4.78, 5) is 51.9. The van der Waals surface area contributed by atoms with Crippen LogP contribution < -0.4 is 11.5 Å². The fourth-order valence-corrected chi connectivity index (χ4v) is 11.2. The Hall–Kier alpha value is -2.20. The maximum absolute atomic E-state index is 13.4. The van der Waals surface area contributed by atoms with Gasteiger partial charge in [-0.05, 0) is 99.2 Å². The summed E-state index contributed by atoms with van der Waals surface area (Å²) >= 11 is 0. The Kier molecular flexibility index (Phi) is 16.3. The van der Waals surface area contributed by atoms with E-state index in [1.807, 2.05) is 0 Å². The van der Waals surface area contributed by atoms with Gasteiger partial charge in [0.2, 0.25) is 0 Å². The van der Waals surface area contributed by atoms with Crippen LogP contribution in [0.15, 0.2) is 0 Å². The number of unbranched alkanes of at least 4 members (excludes halogenated alkanes) is 5. The van der Waals surface area contributed by atoms with Crippen LogP contribution in [0.4, 0.5) is 0 Å². The molecule has 0 spiro atoms. The molecule has 4 N–H and O–H groups in total. The molecule has 0 aromatic rings. The Morgan fingerprint density at radius 3 is 2.08 bits per heavy atom. The fraction of sp³-hybridized carbons (Fsp3) is 0.905. The first-order chi connectivity index (χ1) is 24.9. The average molecular weight is 733 g/mol. The highest BCUT2D eigenvalue weighted by Crippen LogP contribution is 2.69. The minimum absolute atomic E-state index is 0.0857. The molecule has 11 atom stereocenters. The summed E-state index contributed by atoms with van der Waals surface area (Å²) in [6, 6.07) is 0. The lowest BCUT2D eigenvalue weighted by molar-refractivity contribution is -0.225. The molecule has 0 unspecified atom stereocenters. The Labute approximate surface area is 313 Å². The van der Waals surface area contributed by atoms with Crippen LogP contribution in [-0.4, -0.2) is 61.9 Å². The molecule has 0 amide bonds.